The molecule has 6 nitrogen and oxygen atoms in total. The number of nitrogens with one attached hydrogen (secondary N) is 1. The molecule has 1 heterocycles. The third-order valence-corrected chi connectivity index (χ3v) is 4.85. The Morgan fingerprint density at radius 1 is 0.931 bits per heavy atom. The summed E-state index contributed by atoms with van der Waals surface area (Å²) in [5, 5.41) is 3.28. The van der Waals surface area contributed by atoms with Crippen molar-refractivity contribution in [3.8, 4) is 5.75 Å². The zero-order valence-corrected chi connectivity index (χ0v) is 16.8. The number of para-hydroxylation sites is 1. The van der Waals surface area contributed by atoms with Crippen molar-refractivity contribution in [2.24, 2.45) is 0 Å². The Morgan fingerprint density at radius 3 is 2.21 bits per heavy atom. The molecule has 2 aromatic rings. The van der Waals surface area contributed by atoms with E-state index in [1.807, 2.05) is 42.5 Å². The predicted octanol–water partition coefficient (Wildman–Crippen LogP) is 4.14. The molecule has 2 aromatic carbocycles. The average molecular weight is 396 g/mol. The Bertz CT molecular complexity index is 784. The van der Waals surface area contributed by atoms with E-state index in [4.69, 9.17) is 9.47 Å². The van der Waals surface area contributed by atoms with Crippen molar-refractivity contribution in [3.05, 3.63) is 54.6 Å². The van der Waals surface area contributed by atoms with Crippen LogP contribution in [0.25, 0.3) is 0 Å². The van der Waals surface area contributed by atoms with E-state index in [9.17, 15) is 9.59 Å². The Balaban J connectivity index is 1.43. The minimum absolute atomic E-state index is 0.128. The van der Waals surface area contributed by atoms with Crippen molar-refractivity contribution in [2.75, 3.05) is 25.0 Å². The number of carbonyl (C=O) groups excluding carboxylic acids is 2. The van der Waals surface area contributed by atoms with Crippen molar-refractivity contribution in [1.82, 2.24) is 4.90 Å². The highest BCUT2D eigenvalue weighted by molar-refractivity contribution is 5.83. The van der Waals surface area contributed by atoms with Crippen molar-refractivity contribution in [1.29, 1.82) is 0 Å². The summed E-state index contributed by atoms with van der Waals surface area (Å²) in [5.41, 5.74) is 1.91. The van der Waals surface area contributed by atoms with Gasteiger partial charge in [-0.15, -0.1) is 0 Å². The van der Waals surface area contributed by atoms with Gasteiger partial charge in [-0.25, -0.2) is 4.79 Å². The molecular weight excluding hydrogens is 368 g/mol. The fourth-order valence-electron chi connectivity index (χ4n) is 3.29. The van der Waals surface area contributed by atoms with Gasteiger partial charge in [-0.05, 0) is 56.2 Å². The number of hydrogen-bond donors (Lipinski definition) is 1. The van der Waals surface area contributed by atoms with Crippen LogP contribution in [-0.4, -0.2) is 42.6 Å². The zero-order valence-electron chi connectivity index (χ0n) is 16.8. The maximum atomic E-state index is 12.4. The van der Waals surface area contributed by atoms with E-state index in [2.05, 4.69) is 5.32 Å². The zero-order chi connectivity index (χ0) is 20.5. The molecule has 0 radical (unpaired) electrons. The smallest absolute Gasteiger partial charge is 0.344 e. The summed E-state index contributed by atoms with van der Waals surface area (Å²) in [6.45, 7) is 2.86. The molecular formula is C23H28N2O4. The van der Waals surface area contributed by atoms with E-state index >= 15 is 0 Å². The Hall–Kier alpha value is -3.02. The number of anilines is 2. The molecule has 1 saturated heterocycles. The summed E-state index contributed by atoms with van der Waals surface area (Å²) in [6.07, 6.45) is 3.51. The van der Waals surface area contributed by atoms with E-state index < -0.39 is 12.1 Å². The van der Waals surface area contributed by atoms with Gasteiger partial charge in [-0.2, -0.15) is 0 Å². The summed E-state index contributed by atoms with van der Waals surface area (Å²) in [4.78, 5) is 26.3. The summed E-state index contributed by atoms with van der Waals surface area (Å²) in [6, 6.07) is 17.2. The van der Waals surface area contributed by atoms with Crippen LogP contribution in [0, 0.1) is 0 Å². The van der Waals surface area contributed by atoms with Crippen LogP contribution in [0.4, 0.5) is 11.4 Å². The molecule has 1 aliphatic heterocycles. The van der Waals surface area contributed by atoms with Crippen molar-refractivity contribution in [2.45, 2.75) is 38.7 Å². The number of hydrogen-bond acceptors (Lipinski definition) is 5. The lowest BCUT2D eigenvalue weighted by Gasteiger charge is -2.24. The molecule has 29 heavy (non-hydrogen) atoms. The number of carbonyl (C=O) groups is 2. The minimum Gasteiger partial charge on any atom is -0.482 e. The van der Waals surface area contributed by atoms with E-state index in [-0.39, 0.29) is 12.5 Å². The number of ether oxygens (including phenoxy) is 2. The van der Waals surface area contributed by atoms with Crippen LogP contribution in [0.5, 0.6) is 5.75 Å². The van der Waals surface area contributed by atoms with Crippen LogP contribution in [0.1, 0.15) is 32.6 Å². The van der Waals surface area contributed by atoms with Gasteiger partial charge in [-0.3, -0.25) is 4.79 Å². The molecule has 1 amide bonds. The molecule has 3 rings (SSSR count). The SMILES string of the molecule is C[C@H](OC(=O)COc1ccc(Nc2ccccc2)cc1)C(=O)N1CCCCCC1. The van der Waals surface area contributed by atoms with Gasteiger partial charge >= 0.3 is 5.97 Å². The Morgan fingerprint density at radius 2 is 1.55 bits per heavy atom. The fraction of sp³-hybridized carbons (Fsp3) is 0.391. The first-order valence-corrected chi connectivity index (χ1v) is 10.1. The van der Waals surface area contributed by atoms with Crippen molar-refractivity contribution < 1.29 is 19.1 Å². The second-order valence-corrected chi connectivity index (χ2v) is 7.18. The number of benzene rings is 2. The van der Waals surface area contributed by atoms with E-state index in [1.54, 1.807) is 24.0 Å². The Labute approximate surface area is 171 Å². The van der Waals surface area contributed by atoms with E-state index in [1.165, 1.54) is 0 Å². The fourth-order valence-corrected chi connectivity index (χ4v) is 3.29. The number of likely N-dealkylation sites (tertiary alicyclic amines) is 1. The predicted molar refractivity (Wildman–Crippen MR) is 112 cm³/mol. The van der Waals surface area contributed by atoms with Crippen LogP contribution in [0.15, 0.2) is 54.6 Å². The largest absolute Gasteiger partial charge is 0.482 e. The van der Waals surface area contributed by atoms with E-state index in [0.29, 0.717) is 5.75 Å². The van der Waals surface area contributed by atoms with E-state index in [0.717, 1.165) is 50.1 Å². The monoisotopic (exact) mass is 396 g/mol. The van der Waals surface area contributed by atoms with Gasteiger partial charge in [0, 0.05) is 24.5 Å². The molecule has 0 spiro atoms. The molecule has 6 heteroatoms. The minimum atomic E-state index is -0.790. The Kier molecular flexibility index (Phi) is 7.50. The summed E-state index contributed by atoms with van der Waals surface area (Å²) >= 11 is 0. The van der Waals surface area contributed by atoms with Crippen molar-refractivity contribution >= 4 is 23.3 Å². The number of nitrogens with zero attached hydrogens (tertiary/aromatic N) is 1. The number of rotatable bonds is 7. The average Bonchev–Trinajstić information content (AvgIpc) is 3.03. The van der Waals surface area contributed by atoms with Crippen LogP contribution in [0.3, 0.4) is 0 Å². The molecule has 0 unspecified atom stereocenters. The molecule has 0 aliphatic carbocycles. The van der Waals surface area contributed by atoms with Crippen LogP contribution < -0.4 is 10.1 Å². The summed E-state index contributed by atoms with van der Waals surface area (Å²) in [7, 11) is 0. The lowest BCUT2D eigenvalue weighted by Crippen LogP contribution is -2.41. The maximum absolute atomic E-state index is 12.4. The normalized spacial score (nSPS) is 15.1. The van der Waals surface area contributed by atoms with Gasteiger partial charge in [0.25, 0.3) is 5.91 Å². The van der Waals surface area contributed by atoms with Gasteiger partial charge in [-0.1, -0.05) is 31.0 Å². The first-order valence-electron chi connectivity index (χ1n) is 10.1. The molecule has 1 N–H and O–H groups in total. The molecule has 1 aliphatic rings. The highest BCUT2D eigenvalue weighted by atomic mass is 16.6. The molecule has 154 valence electrons. The molecule has 0 saturated carbocycles. The molecule has 1 atom stereocenters. The highest BCUT2D eigenvalue weighted by Gasteiger charge is 2.24. The van der Waals surface area contributed by atoms with Crippen LogP contribution in [0.2, 0.25) is 0 Å². The van der Waals surface area contributed by atoms with Gasteiger partial charge in [0.15, 0.2) is 12.7 Å². The molecule has 0 bridgehead atoms. The highest BCUT2D eigenvalue weighted by Crippen LogP contribution is 2.20. The van der Waals surface area contributed by atoms with Gasteiger partial charge < -0.3 is 19.7 Å². The third-order valence-electron chi connectivity index (χ3n) is 4.85. The van der Waals surface area contributed by atoms with Crippen LogP contribution >= 0.6 is 0 Å². The number of amides is 1. The first kappa shape index (κ1) is 20.7. The van der Waals surface area contributed by atoms with Crippen LogP contribution in [-0.2, 0) is 14.3 Å². The summed E-state index contributed by atoms with van der Waals surface area (Å²) < 4.78 is 10.8. The lowest BCUT2D eigenvalue weighted by molar-refractivity contribution is -0.160. The quantitative estimate of drug-likeness (QED) is 0.713. The molecule has 1 fully saturated rings. The van der Waals surface area contributed by atoms with Gasteiger partial charge in [0.05, 0.1) is 0 Å². The summed E-state index contributed by atoms with van der Waals surface area (Å²) in [5.74, 6) is -0.115. The van der Waals surface area contributed by atoms with Crippen molar-refractivity contribution in [3.63, 3.8) is 0 Å². The topological polar surface area (TPSA) is 67.9 Å². The first-order chi connectivity index (χ1) is 14.1. The van der Waals surface area contributed by atoms with Gasteiger partial charge in [0.1, 0.15) is 5.75 Å². The second-order valence-electron chi connectivity index (χ2n) is 7.18. The lowest BCUT2D eigenvalue weighted by atomic mass is 10.2. The number of esters is 1. The standard InChI is InChI=1S/C23H28N2O4/c1-18(23(27)25-15-7-2-3-8-16-25)29-22(26)17-28-21-13-11-20(12-14-21)24-19-9-5-4-6-10-19/h4-6,9-14,18,24H,2-3,7-8,15-17H2,1H3/t18-/m0/s1. The third kappa shape index (κ3) is 6.52. The molecule has 0 aromatic heterocycles. The van der Waals surface area contributed by atoms with Gasteiger partial charge in [0.2, 0.25) is 0 Å². The second kappa shape index (κ2) is 10.5. The maximum Gasteiger partial charge on any atom is 0.344 e.